The highest BCUT2D eigenvalue weighted by atomic mass is 32.2. The van der Waals surface area contributed by atoms with Gasteiger partial charge in [-0.25, -0.2) is 9.37 Å². The van der Waals surface area contributed by atoms with Crippen molar-refractivity contribution in [2.24, 2.45) is 0 Å². The number of nitrogens with zero attached hydrogens (tertiary/aromatic N) is 2. The summed E-state index contributed by atoms with van der Waals surface area (Å²) >= 11 is 1.36. The molecule has 1 N–H and O–H groups in total. The molecule has 106 valence electrons. The van der Waals surface area contributed by atoms with Gasteiger partial charge < -0.3 is 9.88 Å². The number of thioether (sulfide) groups is 1. The van der Waals surface area contributed by atoms with Gasteiger partial charge in [-0.05, 0) is 31.5 Å². The monoisotopic (exact) mass is 293 g/mol. The zero-order valence-corrected chi connectivity index (χ0v) is 12.2. The van der Waals surface area contributed by atoms with E-state index in [1.165, 1.54) is 17.8 Å². The molecule has 1 aromatic heterocycles. The molecular formula is C14H16FN3OS. The zero-order valence-electron chi connectivity index (χ0n) is 11.4. The van der Waals surface area contributed by atoms with Crippen LogP contribution in [-0.2, 0) is 11.3 Å². The Morgan fingerprint density at radius 2 is 2.30 bits per heavy atom. The highest BCUT2D eigenvalue weighted by Gasteiger charge is 2.08. The molecular weight excluding hydrogens is 277 g/mol. The van der Waals surface area contributed by atoms with Crippen LogP contribution in [0.4, 0.5) is 10.1 Å². The van der Waals surface area contributed by atoms with Gasteiger partial charge in [0.15, 0.2) is 5.16 Å². The van der Waals surface area contributed by atoms with E-state index in [0.717, 1.165) is 11.7 Å². The molecule has 0 unspecified atom stereocenters. The first kappa shape index (κ1) is 14.6. The smallest absolute Gasteiger partial charge is 0.234 e. The molecule has 2 rings (SSSR count). The van der Waals surface area contributed by atoms with E-state index in [1.807, 2.05) is 17.7 Å². The second-order valence-corrected chi connectivity index (χ2v) is 5.24. The van der Waals surface area contributed by atoms with E-state index in [2.05, 4.69) is 10.3 Å². The fraction of sp³-hybridized carbons (Fsp3) is 0.286. The Kier molecular flexibility index (Phi) is 4.79. The number of hydrogen-bond donors (Lipinski definition) is 1. The van der Waals surface area contributed by atoms with Gasteiger partial charge in [-0.1, -0.05) is 17.8 Å². The van der Waals surface area contributed by atoms with E-state index in [4.69, 9.17) is 0 Å². The third-order valence-corrected chi connectivity index (χ3v) is 3.81. The first-order chi connectivity index (χ1) is 9.60. The number of benzene rings is 1. The number of amides is 1. The fourth-order valence-corrected chi connectivity index (χ4v) is 2.50. The van der Waals surface area contributed by atoms with E-state index in [9.17, 15) is 9.18 Å². The number of aryl methyl sites for hydroxylation is 2. The number of hydrogen-bond acceptors (Lipinski definition) is 3. The number of rotatable bonds is 5. The van der Waals surface area contributed by atoms with E-state index in [-0.39, 0.29) is 17.5 Å². The summed E-state index contributed by atoms with van der Waals surface area (Å²) in [5.74, 6) is -0.257. The lowest BCUT2D eigenvalue weighted by atomic mass is 10.2. The van der Waals surface area contributed by atoms with Crippen molar-refractivity contribution in [1.29, 1.82) is 0 Å². The molecule has 1 aromatic carbocycles. The fourth-order valence-electron chi connectivity index (χ4n) is 1.67. The predicted molar refractivity (Wildman–Crippen MR) is 78.4 cm³/mol. The Morgan fingerprint density at radius 1 is 1.50 bits per heavy atom. The van der Waals surface area contributed by atoms with E-state index in [1.54, 1.807) is 25.3 Å². The number of anilines is 1. The summed E-state index contributed by atoms with van der Waals surface area (Å²) in [7, 11) is 0. The maximum Gasteiger partial charge on any atom is 0.234 e. The third kappa shape index (κ3) is 3.60. The van der Waals surface area contributed by atoms with Crippen molar-refractivity contribution in [3.05, 3.63) is 42.0 Å². The number of aromatic nitrogens is 2. The summed E-state index contributed by atoms with van der Waals surface area (Å²) in [4.78, 5) is 16.0. The Labute approximate surface area is 121 Å². The molecule has 1 heterocycles. The van der Waals surface area contributed by atoms with Crippen molar-refractivity contribution < 1.29 is 9.18 Å². The lowest BCUT2D eigenvalue weighted by molar-refractivity contribution is -0.113. The SMILES string of the molecule is CCn1ccnc1SCC(=O)Nc1ccc(C)c(F)c1. The van der Waals surface area contributed by atoms with E-state index >= 15 is 0 Å². The average Bonchev–Trinajstić information content (AvgIpc) is 2.88. The van der Waals surface area contributed by atoms with Crippen molar-refractivity contribution in [2.75, 3.05) is 11.1 Å². The highest BCUT2D eigenvalue weighted by molar-refractivity contribution is 7.99. The first-order valence-electron chi connectivity index (χ1n) is 6.30. The van der Waals surface area contributed by atoms with Gasteiger partial charge in [0, 0.05) is 24.6 Å². The highest BCUT2D eigenvalue weighted by Crippen LogP contribution is 2.17. The maximum absolute atomic E-state index is 13.4. The normalized spacial score (nSPS) is 10.6. The summed E-state index contributed by atoms with van der Waals surface area (Å²) in [5.41, 5.74) is 1.03. The molecule has 0 aliphatic rings. The van der Waals surface area contributed by atoms with Crippen molar-refractivity contribution in [2.45, 2.75) is 25.5 Å². The van der Waals surface area contributed by atoms with Crippen molar-refractivity contribution in [3.63, 3.8) is 0 Å². The van der Waals surface area contributed by atoms with Crippen LogP contribution in [-0.4, -0.2) is 21.2 Å². The van der Waals surface area contributed by atoms with E-state index < -0.39 is 0 Å². The summed E-state index contributed by atoms with van der Waals surface area (Å²) in [6.07, 6.45) is 3.58. The number of nitrogens with one attached hydrogen (secondary N) is 1. The molecule has 0 spiro atoms. The van der Waals surface area contributed by atoms with Crippen LogP contribution in [0.5, 0.6) is 0 Å². The molecule has 0 bridgehead atoms. The molecule has 4 nitrogen and oxygen atoms in total. The van der Waals surface area contributed by atoms with Crippen LogP contribution in [0.2, 0.25) is 0 Å². The Hall–Kier alpha value is -1.82. The van der Waals surface area contributed by atoms with Gasteiger partial charge in [0.25, 0.3) is 0 Å². The molecule has 0 atom stereocenters. The van der Waals surface area contributed by atoms with Gasteiger partial charge in [0.1, 0.15) is 5.82 Å². The van der Waals surface area contributed by atoms with Crippen molar-refractivity contribution in [1.82, 2.24) is 9.55 Å². The Bertz CT molecular complexity index is 612. The minimum Gasteiger partial charge on any atom is -0.326 e. The number of imidazole rings is 1. The van der Waals surface area contributed by atoms with Gasteiger partial charge >= 0.3 is 0 Å². The topological polar surface area (TPSA) is 46.9 Å². The predicted octanol–water partition coefficient (Wildman–Crippen LogP) is 3.08. The van der Waals surface area contributed by atoms with Crippen LogP contribution in [0.25, 0.3) is 0 Å². The quantitative estimate of drug-likeness (QED) is 0.862. The maximum atomic E-state index is 13.4. The Balaban J connectivity index is 1.91. The molecule has 0 saturated heterocycles. The van der Waals surface area contributed by atoms with Crippen LogP contribution in [0, 0.1) is 12.7 Å². The van der Waals surface area contributed by atoms with Crippen LogP contribution >= 0.6 is 11.8 Å². The third-order valence-electron chi connectivity index (χ3n) is 2.81. The van der Waals surface area contributed by atoms with Crippen molar-refractivity contribution in [3.8, 4) is 0 Å². The second kappa shape index (κ2) is 6.56. The van der Waals surface area contributed by atoms with Crippen LogP contribution < -0.4 is 5.32 Å². The van der Waals surface area contributed by atoms with Crippen LogP contribution in [0.15, 0.2) is 35.7 Å². The van der Waals surface area contributed by atoms with Gasteiger partial charge in [0.05, 0.1) is 5.75 Å². The van der Waals surface area contributed by atoms with Gasteiger partial charge in [-0.2, -0.15) is 0 Å². The minimum atomic E-state index is -0.322. The number of halogens is 1. The zero-order chi connectivity index (χ0) is 14.5. The van der Waals surface area contributed by atoms with Gasteiger partial charge in [-0.3, -0.25) is 4.79 Å². The molecule has 0 aliphatic heterocycles. The molecule has 0 radical (unpaired) electrons. The number of carbonyl (C=O) groups is 1. The largest absolute Gasteiger partial charge is 0.326 e. The van der Waals surface area contributed by atoms with Crippen LogP contribution in [0.3, 0.4) is 0 Å². The minimum absolute atomic E-state index is 0.177. The first-order valence-corrected chi connectivity index (χ1v) is 7.28. The molecule has 6 heteroatoms. The van der Waals surface area contributed by atoms with E-state index in [0.29, 0.717) is 11.3 Å². The summed E-state index contributed by atoms with van der Waals surface area (Å²) < 4.78 is 15.3. The van der Waals surface area contributed by atoms with Crippen molar-refractivity contribution >= 4 is 23.4 Å². The summed E-state index contributed by atoms with van der Waals surface area (Å²) in [6, 6.07) is 4.65. The molecule has 1 amide bonds. The standard InChI is InChI=1S/C14H16FN3OS/c1-3-18-7-6-16-14(18)20-9-13(19)17-11-5-4-10(2)12(15)8-11/h4-8H,3,9H2,1-2H3,(H,17,19). The second-order valence-electron chi connectivity index (χ2n) is 4.30. The number of carbonyl (C=O) groups excluding carboxylic acids is 1. The molecule has 2 aromatic rings. The Morgan fingerprint density at radius 3 is 3.00 bits per heavy atom. The summed E-state index contributed by atoms with van der Waals surface area (Å²) in [5, 5.41) is 3.48. The molecule has 20 heavy (non-hydrogen) atoms. The lowest BCUT2D eigenvalue weighted by Gasteiger charge is -2.07. The summed E-state index contributed by atoms with van der Waals surface area (Å²) in [6.45, 7) is 4.51. The lowest BCUT2D eigenvalue weighted by Crippen LogP contribution is -2.14. The molecule has 0 saturated carbocycles. The van der Waals surface area contributed by atoms with Crippen LogP contribution in [0.1, 0.15) is 12.5 Å². The van der Waals surface area contributed by atoms with Gasteiger partial charge in [0.2, 0.25) is 5.91 Å². The molecule has 0 aliphatic carbocycles. The average molecular weight is 293 g/mol. The van der Waals surface area contributed by atoms with Gasteiger partial charge in [-0.15, -0.1) is 0 Å². The molecule has 0 fully saturated rings.